The third-order valence-electron chi connectivity index (χ3n) is 4.68. The number of anilines is 1. The minimum atomic E-state index is -0.139. The van der Waals surface area contributed by atoms with Gasteiger partial charge in [0.15, 0.2) is 5.16 Å². The maximum atomic E-state index is 12.3. The number of aromatic amines is 1. The predicted octanol–water partition coefficient (Wildman–Crippen LogP) is 3.16. The van der Waals surface area contributed by atoms with Gasteiger partial charge >= 0.3 is 0 Å². The molecule has 8 nitrogen and oxygen atoms in total. The molecule has 0 bridgehead atoms. The first-order chi connectivity index (χ1) is 15.1. The highest BCUT2D eigenvalue weighted by molar-refractivity contribution is 7.99. The minimum Gasteiger partial charge on any atom is -0.361 e. The van der Waals surface area contributed by atoms with E-state index >= 15 is 0 Å². The molecule has 4 aromatic rings. The molecule has 0 saturated carbocycles. The molecule has 3 N–H and O–H groups in total. The summed E-state index contributed by atoms with van der Waals surface area (Å²) in [5, 5.41) is 15.6. The molecule has 2 aromatic heterocycles. The summed E-state index contributed by atoms with van der Waals surface area (Å²) in [6.45, 7) is 2.02. The van der Waals surface area contributed by atoms with Gasteiger partial charge in [0.05, 0.1) is 11.4 Å². The van der Waals surface area contributed by atoms with Gasteiger partial charge in [0.2, 0.25) is 11.8 Å². The van der Waals surface area contributed by atoms with Crippen LogP contribution in [0, 0.1) is 0 Å². The summed E-state index contributed by atoms with van der Waals surface area (Å²) in [6.07, 6.45) is 4.33. The van der Waals surface area contributed by atoms with Gasteiger partial charge in [-0.3, -0.25) is 14.2 Å². The highest BCUT2D eigenvalue weighted by Crippen LogP contribution is 2.22. The van der Waals surface area contributed by atoms with Crippen LogP contribution in [0.2, 0.25) is 0 Å². The van der Waals surface area contributed by atoms with Gasteiger partial charge in [0.1, 0.15) is 6.33 Å². The van der Waals surface area contributed by atoms with Crippen LogP contribution in [0.15, 0.2) is 66.2 Å². The molecule has 2 aromatic carbocycles. The van der Waals surface area contributed by atoms with Crippen LogP contribution in [0.25, 0.3) is 16.6 Å². The summed E-state index contributed by atoms with van der Waals surface area (Å²) in [5.41, 5.74) is 3.77. The van der Waals surface area contributed by atoms with E-state index in [-0.39, 0.29) is 17.6 Å². The molecule has 31 heavy (non-hydrogen) atoms. The van der Waals surface area contributed by atoms with Gasteiger partial charge in [-0.15, -0.1) is 10.2 Å². The number of fused-ring (bicyclic) bond motifs is 1. The molecule has 0 fully saturated rings. The summed E-state index contributed by atoms with van der Waals surface area (Å²) in [5.74, 6) is 0.0315. The Morgan fingerprint density at radius 1 is 1.16 bits per heavy atom. The molecule has 4 rings (SSSR count). The van der Waals surface area contributed by atoms with Gasteiger partial charge < -0.3 is 15.6 Å². The molecule has 0 aliphatic rings. The SMILES string of the molecule is CC(=O)Nc1cccc(-n2cnnc2SCC(=O)NCCc2c[nH]c3ccccc23)c1. The lowest BCUT2D eigenvalue weighted by Gasteiger charge is -2.09. The van der Waals surface area contributed by atoms with E-state index in [9.17, 15) is 9.59 Å². The smallest absolute Gasteiger partial charge is 0.230 e. The van der Waals surface area contributed by atoms with Gasteiger partial charge in [-0.25, -0.2) is 0 Å². The number of carbonyl (C=O) groups is 2. The Morgan fingerprint density at radius 3 is 2.90 bits per heavy atom. The first-order valence-electron chi connectivity index (χ1n) is 9.82. The van der Waals surface area contributed by atoms with Crippen molar-refractivity contribution in [3.63, 3.8) is 0 Å². The average molecular weight is 435 g/mol. The van der Waals surface area contributed by atoms with Crippen molar-refractivity contribution in [2.24, 2.45) is 0 Å². The van der Waals surface area contributed by atoms with Crippen molar-refractivity contribution < 1.29 is 9.59 Å². The van der Waals surface area contributed by atoms with Crippen LogP contribution in [0.5, 0.6) is 0 Å². The number of rotatable bonds is 8. The molecule has 2 amide bonds. The van der Waals surface area contributed by atoms with E-state index in [1.807, 2.05) is 48.7 Å². The number of thioether (sulfide) groups is 1. The number of aromatic nitrogens is 4. The molecule has 0 saturated heterocycles. The van der Waals surface area contributed by atoms with Crippen molar-refractivity contribution in [3.05, 3.63) is 66.6 Å². The second-order valence-corrected chi connectivity index (χ2v) is 7.91. The fourth-order valence-corrected chi connectivity index (χ4v) is 4.05. The van der Waals surface area contributed by atoms with Crippen molar-refractivity contribution in [2.75, 3.05) is 17.6 Å². The number of nitrogens with one attached hydrogen (secondary N) is 3. The van der Waals surface area contributed by atoms with Crippen LogP contribution in [0.4, 0.5) is 5.69 Å². The lowest BCUT2D eigenvalue weighted by molar-refractivity contribution is -0.118. The highest BCUT2D eigenvalue weighted by atomic mass is 32.2. The quantitative estimate of drug-likeness (QED) is 0.370. The summed E-state index contributed by atoms with van der Waals surface area (Å²) in [4.78, 5) is 26.8. The number of amides is 2. The second-order valence-electron chi connectivity index (χ2n) is 6.96. The van der Waals surface area contributed by atoms with Crippen LogP contribution in [0.1, 0.15) is 12.5 Å². The predicted molar refractivity (Wildman–Crippen MR) is 121 cm³/mol. The summed E-state index contributed by atoms with van der Waals surface area (Å²) >= 11 is 1.31. The number of benzene rings is 2. The molecule has 0 unspecified atom stereocenters. The Balaban J connectivity index is 1.31. The topological polar surface area (TPSA) is 105 Å². The van der Waals surface area contributed by atoms with Crippen molar-refractivity contribution in [3.8, 4) is 5.69 Å². The van der Waals surface area contributed by atoms with Gasteiger partial charge in [-0.1, -0.05) is 36.0 Å². The summed E-state index contributed by atoms with van der Waals surface area (Å²) < 4.78 is 1.79. The lowest BCUT2D eigenvalue weighted by atomic mass is 10.1. The van der Waals surface area contributed by atoms with Gasteiger partial charge in [0, 0.05) is 36.3 Å². The summed E-state index contributed by atoms with van der Waals surface area (Å²) in [6, 6.07) is 15.5. The first-order valence-corrected chi connectivity index (χ1v) is 10.8. The van der Waals surface area contributed by atoms with Crippen molar-refractivity contribution >= 4 is 40.2 Å². The number of para-hydroxylation sites is 1. The van der Waals surface area contributed by atoms with E-state index in [1.165, 1.54) is 29.6 Å². The Bertz CT molecular complexity index is 1220. The summed E-state index contributed by atoms with van der Waals surface area (Å²) in [7, 11) is 0. The van der Waals surface area contributed by atoms with Crippen molar-refractivity contribution in [2.45, 2.75) is 18.5 Å². The lowest BCUT2D eigenvalue weighted by Crippen LogP contribution is -2.27. The van der Waals surface area contributed by atoms with E-state index in [0.29, 0.717) is 17.4 Å². The molecule has 0 atom stereocenters. The third-order valence-corrected chi connectivity index (χ3v) is 5.63. The monoisotopic (exact) mass is 434 g/mol. The van der Waals surface area contributed by atoms with Crippen molar-refractivity contribution in [1.82, 2.24) is 25.1 Å². The number of nitrogens with zero attached hydrogens (tertiary/aromatic N) is 3. The third kappa shape index (κ3) is 5.13. The maximum Gasteiger partial charge on any atom is 0.230 e. The van der Waals surface area contributed by atoms with E-state index in [0.717, 1.165) is 17.6 Å². The first kappa shape index (κ1) is 20.7. The van der Waals surface area contributed by atoms with Crippen LogP contribution in [-0.2, 0) is 16.0 Å². The van der Waals surface area contributed by atoms with Crippen molar-refractivity contribution in [1.29, 1.82) is 0 Å². The van der Waals surface area contributed by atoms with Gasteiger partial charge in [-0.05, 0) is 36.2 Å². The number of carbonyl (C=O) groups excluding carboxylic acids is 2. The van der Waals surface area contributed by atoms with Crippen LogP contribution in [0.3, 0.4) is 0 Å². The fourth-order valence-electron chi connectivity index (χ4n) is 3.29. The molecule has 158 valence electrons. The molecule has 0 radical (unpaired) electrons. The standard InChI is InChI=1S/C22H22N6O2S/c1-15(29)26-17-5-4-6-18(11-17)28-14-25-27-22(28)31-13-21(30)23-10-9-16-12-24-20-8-3-2-7-19(16)20/h2-8,11-12,14,24H,9-10,13H2,1H3,(H,23,30)(H,26,29). The zero-order valence-electron chi connectivity index (χ0n) is 17.0. The van der Waals surface area contributed by atoms with Gasteiger partial charge in [-0.2, -0.15) is 0 Å². The van der Waals surface area contributed by atoms with Crippen LogP contribution >= 0.6 is 11.8 Å². The largest absolute Gasteiger partial charge is 0.361 e. The molecule has 2 heterocycles. The normalized spacial score (nSPS) is 10.9. The zero-order chi connectivity index (χ0) is 21.6. The van der Waals surface area contributed by atoms with E-state index < -0.39 is 0 Å². The minimum absolute atomic E-state index is 0.0635. The van der Waals surface area contributed by atoms with E-state index in [4.69, 9.17) is 0 Å². The van der Waals surface area contributed by atoms with Crippen LogP contribution in [-0.4, -0.2) is 43.9 Å². The number of H-pyrrole nitrogens is 1. The molecule has 9 heteroatoms. The zero-order valence-corrected chi connectivity index (χ0v) is 17.8. The Morgan fingerprint density at radius 2 is 2.03 bits per heavy atom. The second kappa shape index (κ2) is 9.48. The fraction of sp³-hybridized carbons (Fsp3) is 0.182. The van der Waals surface area contributed by atoms with E-state index in [1.54, 1.807) is 10.9 Å². The van der Waals surface area contributed by atoms with E-state index in [2.05, 4.69) is 31.9 Å². The molecular weight excluding hydrogens is 412 g/mol. The Labute approximate surface area is 183 Å². The maximum absolute atomic E-state index is 12.3. The Hall–Kier alpha value is -3.59. The molecule has 0 spiro atoms. The Kier molecular flexibility index (Phi) is 6.32. The van der Waals surface area contributed by atoms with Crippen LogP contribution < -0.4 is 10.6 Å². The molecular formula is C22H22N6O2S. The molecule has 0 aliphatic carbocycles. The van der Waals surface area contributed by atoms with Gasteiger partial charge in [0.25, 0.3) is 0 Å². The average Bonchev–Trinajstić information content (AvgIpc) is 3.39. The number of hydrogen-bond acceptors (Lipinski definition) is 5. The highest BCUT2D eigenvalue weighted by Gasteiger charge is 2.11. The number of hydrogen-bond donors (Lipinski definition) is 3. The molecule has 0 aliphatic heterocycles.